The first-order valence-corrected chi connectivity index (χ1v) is 8.06. The van der Waals surface area contributed by atoms with Crippen molar-refractivity contribution in [3.63, 3.8) is 0 Å². The van der Waals surface area contributed by atoms with Crippen molar-refractivity contribution >= 4 is 23.5 Å². The zero-order chi connectivity index (χ0) is 13.0. The first-order valence-electron chi connectivity index (χ1n) is 5.85. The van der Waals surface area contributed by atoms with Gasteiger partial charge in [-0.2, -0.15) is 23.5 Å². The van der Waals surface area contributed by atoms with Gasteiger partial charge < -0.3 is 14.6 Å². The summed E-state index contributed by atoms with van der Waals surface area (Å²) >= 11 is 3.74. The molecule has 1 aliphatic heterocycles. The fraction of sp³-hybridized carbons (Fsp3) is 0.538. The Bertz CT molecular complexity index is 392. The SMILES string of the molecule is COc1ccc(C(O)C2CSCCS2)c(OC)c1. The second-order valence-corrected chi connectivity index (χ2v) is 6.53. The summed E-state index contributed by atoms with van der Waals surface area (Å²) < 4.78 is 10.5. The molecule has 0 radical (unpaired) electrons. The van der Waals surface area contributed by atoms with Gasteiger partial charge in [0.25, 0.3) is 0 Å². The lowest BCUT2D eigenvalue weighted by Crippen LogP contribution is -2.22. The molecule has 100 valence electrons. The van der Waals surface area contributed by atoms with Crippen LogP contribution >= 0.6 is 23.5 Å². The second kappa shape index (κ2) is 6.59. The molecule has 2 rings (SSSR count). The molecule has 1 N–H and O–H groups in total. The smallest absolute Gasteiger partial charge is 0.128 e. The molecule has 18 heavy (non-hydrogen) atoms. The summed E-state index contributed by atoms with van der Waals surface area (Å²) in [6, 6.07) is 5.57. The number of aliphatic hydroxyl groups is 1. The molecule has 1 heterocycles. The molecule has 0 aliphatic carbocycles. The Labute approximate surface area is 116 Å². The predicted octanol–water partition coefficient (Wildman–Crippen LogP) is 2.59. The van der Waals surface area contributed by atoms with E-state index >= 15 is 0 Å². The normalized spacial score (nSPS) is 21.4. The highest BCUT2D eigenvalue weighted by Gasteiger charge is 2.26. The van der Waals surface area contributed by atoms with E-state index in [1.165, 1.54) is 5.75 Å². The van der Waals surface area contributed by atoms with Gasteiger partial charge in [-0.15, -0.1) is 0 Å². The highest BCUT2D eigenvalue weighted by Crippen LogP contribution is 2.38. The Morgan fingerprint density at radius 1 is 1.28 bits per heavy atom. The lowest BCUT2D eigenvalue weighted by atomic mass is 10.1. The largest absolute Gasteiger partial charge is 0.497 e. The quantitative estimate of drug-likeness (QED) is 0.921. The minimum Gasteiger partial charge on any atom is -0.497 e. The summed E-state index contributed by atoms with van der Waals surface area (Å²) in [6.45, 7) is 0. The minimum absolute atomic E-state index is 0.242. The van der Waals surface area contributed by atoms with Crippen LogP contribution in [0.1, 0.15) is 11.7 Å². The molecular formula is C13H18O3S2. The predicted molar refractivity (Wildman–Crippen MR) is 78.1 cm³/mol. The molecule has 0 saturated carbocycles. The molecule has 1 aromatic rings. The van der Waals surface area contributed by atoms with Crippen molar-refractivity contribution < 1.29 is 14.6 Å². The van der Waals surface area contributed by atoms with Crippen molar-refractivity contribution in [2.24, 2.45) is 0 Å². The fourth-order valence-corrected chi connectivity index (χ4v) is 4.69. The molecule has 1 aliphatic rings. The highest BCUT2D eigenvalue weighted by molar-refractivity contribution is 8.06. The zero-order valence-electron chi connectivity index (χ0n) is 10.6. The lowest BCUT2D eigenvalue weighted by Gasteiger charge is -2.27. The number of benzene rings is 1. The third-order valence-electron chi connectivity index (χ3n) is 2.95. The number of hydrogen-bond acceptors (Lipinski definition) is 5. The summed E-state index contributed by atoms with van der Waals surface area (Å²) in [5, 5.41) is 10.7. The van der Waals surface area contributed by atoms with Crippen molar-refractivity contribution in [1.82, 2.24) is 0 Å². The maximum absolute atomic E-state index is 10.5. The van der Waals surface area contributed by atoms with E-state index in [1.54, 1.807) is 14.2 Å². The second-order valence-electron chi connectivity index (χ2n) is 4.04. The maximum Gasteiger partial charge on any atom is 0.128 e. The van der Waals surface area contributed by atoms with Gasteiger partial charge in [-0.05, 0) is 12.1 Å². The number of thioether (sulfide) groups is 2. The molecule has 2 unspecified atom stereocenters. The van der Waals surface area contributed by atoms with Crippen LogP contribution in [-0.2, 0) is 0 Å². The van der Waals surface area contributed by atoms with Crippen LogP contribution in [0.15, 0.2) is 18.2 Å². The van der Waals surface area contributed by atoms with E-state index in [2.05, 4.69) is 0 Å². The molecule has 3 nitrogen and oxygen atoms in total. The van der Waals surface area contributed by atoms with Gasteiger partial charge >= 0.3 is 0 Å². The minimum atomic E-state index is -0.483. The monoisotopic (exact) mass is 286 g/mol. The van der Waals surface area contributed by atoms with Crippen molar-refractivity contribution in [3.8, 4) is 11.5 Å². The zero-order valence-corrected chi connectivity index (χ0v) is 12.2. The Kier molecular flexibility index (Phi) is 5.09. The van der Waals surface area contributed by atoms with Gasteiger partial charge in [-0.3, -0.25) is 0 Å². The first kappa shape index (κ1) is 13.9. The van der Waals surface area contributed by atoms with E-state index < -0.39 is 6.10 Å². The van der Waals surface area contributed by atoms with Crippen molar-refractivity contribution in [1.29, 1.82) is 0 Å². The standard InChI is InChI=1S/C13H18O3S2/c1-15-9-3-4-10(11(7-9)16-2)13(14)12-8-17-5-6-18-12/h3-4,7,12-14H,5-6,8H2,1-2H3. The van der Waals surface area contributed by atoms with E-state index in [4.69, 9.17) is 9.47 Å². The van der Waals surface area contributed by atoms with Gasteiger partial charge in [0.05, 0.1) is 20.3 Å². The molecular weight excluding hydrogens is 268 g/mol. The Hall–Kier alpha value is -0.520. The average Bonchev–Trinajstić information content (AvgIpc) is 2.46. The summed E-state index contributed by atoms with van der Waals surface area (Å²) in [5.41, 5.74) is 0.846. The van der Waals surface area contributed by atoms with E-state index in [-0.39, 0.29) is 5.25 Å². The van der Waals surface area contributed by atoms with E-state index in [1.807, 2.05) is 41.7 Å². The molecule has 1 saturated heterocycles. The van der Waals surface area contributed by atoms with Crippen LogP contribution in [-0.4, -0.2) is 41.8 Å². The summed E-state index contributed by atoms with van der Waals surface area (Å²) in [5.74, 6) is 4.70. The topological polar surface area (TPSA) is 38.7 Å². The number of rotatable bonds is 4. The van der Waals surface area contributed by atoms with Gasteiger partial charge in [-0.25, -0.2) is 0 Å². The van der Waals surface area contributed by atoms with Crippen molar-refractivity contribution in [2.45, 2.75) is 11.4 Å². The molecule has 2 atom stereocenters. The van der Waals surface area contributed by atoms with E-state index in [9.17, 15) is 5.11 Å². The average molecular weight is 286 g/mol. The molecule has 0 bridgehead atoms. The first-order chi connectivity index (χ1) is 8.76. The Morgan fingerprint density at radius 2 is 2.11 bits per heavy atom. The number of aliphatic hydroxyl groups excluding tert-OH is 1. The number of methoxy groups -OCH3 is 2. The van der Waals surface area contributed by atoms with Crippen LogP contribution in [0.5, 0.6) is 11.5 Å². The number of ether oxygens (including phenoxy) is 2. The maximum atomic E-state index is 10.5. The summed E-state index contributed by atoms with van der Waals surface area (Å²) in [6.07, 6.45) is -0.483. The van der Waals surface area contributed by atoms with Gasteiger partial charge in [0.2, 0.25) is 0 Å². The molecule has 0 amide bonds. The van der Waals surface area contributed by atoms with Crippen LogP contribution in [0.4, 0.5) is 0 Å². The Morgan fingerprint density at radius 3 is 2.72 bits per heavy atom. The van der Waals surface area contributed by atoms with E-state index in [0.717, 1.165) is 22.8 Å². The fourth-order valence-electron chi connectivity index (χ4n) is 1.95. The van der Waals surface area contributed by atoms with Crippen LogP contribution < -0.4 is 9.47 Å². The van der Waals surface area contributed by atoms with Gasteiger partial charge in [0.1, 0.15) is 11.5 Å². The van der Waals surface area contributed by atoms with E-state index in [0.29, 0.717) is 5.75 Å². The molecule has 1 fully saturated rings. The van der Waals surface area contributed by atoms with Crippen molar-refractivity contribution in [3.05, 3.63) is 23.8 Å². The molecule has 5 heteroatoms. The number of hydrogen-bond donors (Lipinski definition) is 1. The van der Waals surface area contributed by atoms with Crippen LogP contribution in [0.3, 0.4) is 0 Å². The lowest BCUT2D eigenvalue weighted by molar-refractivity contribution is 0.176. The Balaban J connectivity index is 2.20. The summed E-state index contributed by atoms with van der Waals surface area (Å²) in [4.78, 5) is 0. The van der Waals surface area contributed by atoms with Crippen LogP contribution in [0.2, 0.25) is 0 Å². The third kappa shape index (κ3) is 3.08. The summed E-state index contributed by atoms with van der Waals surface area (Å²) in [7, 11) is 3.24. The molecule has 0 spiro atoms. The third-order valence-corrected chi connectivity index (χ3v) is 5.80. The van der Waals surface area contributed by atoms with Gasteiger partial charge in [0.15, 0.2) is 0 Å². The van der Waals surface area contributed by atoms with Crippen molar-refractivity contribution in [2.75, 3.05) is 31.5 Å². The van der Waals surface area contributed by atoms with Gasteiger partial charge in [0, 0.05) is 34.1 Å². The van der Waals surface area contributed by atoms with Gasteiger partial charge in [-0.1, -0.05) is 0 Å². The molecule has 0 aromatic heterocycles. The van der Waals surface area contributed by atoms with Crippen LogP contribution in [0.25, 0.3) is 0 Å². The highest BCUT2D eigenvalue weighted by atomic mass is 32.2. The van der Waals surface area contributed by atoms with Crippen LogP contribution in [0, 0.1) is 0 Å². The molecule has 1 aromatic carbocycles.